The highest BCUT2D eigenvalue weighted by Crippen LogP contribution is 2.32. The lowest BCUT2D eigenvalue weighted by Gasteiger charge is -2.05. The number of aromatic nitrogens is 2. The summed E-state index contributed by atoms with van der Waals surface area (Å²) in [6, 6.07) is 16.0. The topological polar surface area (TPSA) is 56.1 Å². The number of nitrogens with one attached hydrogen (secondary N) is 1. The van der Waals surface area contributed by atoms with Gasteiger partial charge in [0.2, 0.25) is 5.91 Å². The number of nitrogens with zero attached hydrogens (tertiary/aromatic N) is 2. The molecular formula is C19H17N3O2S. The SMILES string of the molecule is COc1cccc2sc(NC(=O)CCn3ccc4ccccc43)nc12. The van der Waals surface area contributed by atoms with Crippen LogP contribution >= 0.6 is 11.3 Å². The van der Waals surface area contributed by atoms with E-state index in [1.807, 2.05) is 36.5 Å². The quantitative estimate of drug-likeness (QED) is 0.583. The number of rotatable bonds is 5. The van der Waals surface area contributed by atoms with Gasteiger partial charge in [-0.15, -0.1) is 0 Å². The zero-order chi connectivity index (χ0) is 17.2. The maximum absolute atomic E-state index is 12.3. The number of ether oxygens (including phenoxy) is 1. The van der Waals surface area contributed by atoms with Crippen molar-refractivity contribution in [1.29, 1.82) is 0 Å². The van der Waals surface area contributed by atoms with Crippen molar-refractivity contribution >= 4 is 43.5 Å². The van der Waals surface area contributed by atoms with Crippen LogP contribution in [0.5, 0.6) is 5.75 Å². The van der Waals surface area contributed by atoms with Crippen LogP contribution in [0.4, 0.5) is 5.13 Å². The second-order valence-electron chi connectivity index (χ2n) is 5.69. The summed E-state index contributed by atoms with van der Waals surface area (Å²) in [7, 11) is 1.62. The van der Waals surface area contributed by atoms with Gasteiger partial charge in [0.25, 0.3) is 0 Å². The fourth-order valence-electron chi connectivity index (χ4n) is 2.88. The van der Waals surface area contributed by atoms with E-state index in [0.29, 0.717) is 23.8 Å². The van der Waals surface area contributed by atoms with E-state index in [2.05, 4.69) is 33.1 Å². The van der Waals surface area contributed by atoms with Crippen molar-refractivity contribution in [2.24, 2.45) is 0 Å². The van der Waals surface area contributed by atoms with Gasteiger partial charge in [0.15, 0.2) is 5.13 Å². The Balaban J connectivity index is 1.45. The normalized spacial score (nSPS) is 11.1. The summed E-state index contributed by atoms with van der Waals surface area (Å²) in [5.41, 5.74) is 1.92. The number of carbonyl (C=O) groups excluding carboxylic acids is 1. The molecule has 0 aliphatic carbocycles. The van der Waals surface area contributed by atoms with E-state index in [1.165, 1.54) is 16.7 Å². The second-order valence-corrected chi connectivity index (χ2v) is 6.72. The standard InChI is InChI=1S/C19H17N3O2S/c1-24-15-7-4-8-16-18(15)21-19(25-16)20-17(23)10-12-22-11-9-13-5-2-3-6-14(13)22/h2-9,11H,10,12H2,1H3,(H,20,21,23). The zero-order valence-electron chi connectivity index (χ0n) is 13.7. The molecule has 0 aliphatic rings. The number of anilines is 1. The van der Waals surface area contributed by atoms with Crippen molar-refractivity contribution in [2.75, 3.05) is 12.4 Å². The molecular weight excluding hydrogens is 334 g/mol. The lowest BCUT2D eigenvalue weighted by atomic mass is 10.2. The summed E-state index contributed by atoms with van der Waals surface area (Å²) in [4.78, 5) is 16.8. The summed E-state index contributed by atoms with van der Waals surface area (Å²) in [6.45, 7) is 0.633. The highest BCUT2D eigenvalue weighted by molar-refractivity contribution is 7.22. The molecule has 0 bridgehead atoms. The van der Waals surface area contributed by atoms with E-state index in [4.69, 9.17) is 4.74 Å². The fourth-order valence-corrected chi connectivity index (χ4v) is 3.78. The van der Waals surface area contributed by atoms with Gasteiger partial charge >= 0.3 is 0 Å². The molecule has 1 amide bonds. The Hall–Kier alpha value is -2.86. The molecule has 0 aliphatic heterocycles. The van der Waals surface area contributed by atoms with Gasteiger partial charge in [0.05, 0.1) is 11.8 Å². The first kappa shape index (κ1) is 15.7. The monoisotopic (exact) mass is 351 g/mol. The van der Waals surface area contributed by atoms with E-state index >= 15 is 0 Å². The Labute approximate surface area is 148 Å². The van der Waals surface area contributed by atoms with E-state index in [-0.39, 0.29) is 5.91 Å². The first-order valence-electron chi connectivity index (χ1n) is 8.02. The predicted molar refractivity (Wildman–Crippen MR) is 101 cm³/mol. The van der Waals surface area contributed by atoms with Crippen LogP contribution in [-0.2, 0) is 11.3 Å². The number of hydrogen-bond acceptors (Lipinski definition) is 4. The zero-order valence-corrected chi connectivity index (χ0v) is 14.5. The number of fused-ring (bicyclic) bond motifs is 2. The second kappa shape index (κ2) is 6.57. The van der Waals surface area contributed by atoms with Crippen molar-refractivity contribution in [2.45, 2.75) is 13.0 Å². The number of amides is 1. The third-order valence-electron chi connectivity index (χ3n) is 4.11. The molecule has 0 atom stereocenters. The Kier molecular flexibility index (Phi) is 4.11. The molecule has 25 heavy (non-hydrogen) atoms. The summed E-state index contributed by atoms with van der Waals surface area (Å²) in [5.74, 6) is 0.670. The molecule has 2 aromatic carbocycles. The van der Waals surface area contributed by atoms with E-state index in [0.717, 1.165) is 15.7 Å². The number of benzene rings is 2. The Morgan fingerprint density at radius 3 is 2.96 bits per heavy atom. The number of aryl methyl sites for hydroxylation is 1. The van der Waals surface area contributed by atoms with Crippen LogP contribution in [-0.4, -0.2) is 22.6 Å². The third kappa shape index (κ3) is 3.08. The Morgan fingerprint density at radius 1 is 1.20 bits per heavy atom. The highest BCUT2D eigenvalue weighted by atomic mass is 32.1. The number of methoxy groups -OCH3 is 1. The maximum atomic E-state index is 12.3. The molecule has 0 unspecified atom stereocenters. The largest absolute Gasteiger partial charge is 0.494 e. The average molecular weight is 351 g/mol. The van der Waals surface area contributed by atoms with Gasteiger partial charge in [-0.2, -0.15) is 0 Å². The van der Waals surface area contributed by atoms with E-state index in [9.17, 15) is 4.79 Å². The molecule has 0 fully saturated rings. The number of hydrogen-bond donors (Lipinski definition) is 1. The van der Waals surface area contributed by atoms with Gasteiger partial charge in [0, 0.05) is 24.7 Å². The molecule has 4 aromatic rings. The molecule has 0 radical (unpaired) electrons. The highest BCUT2D eigenvalue weighted by Gasteiger charge is 2.11. The summed E-state index contributed by atoms with van der Waals surface area (Å²) in [6.07, 6.45) is 2.41. The minimum Gasteiger partial charge on any atom is -0.494 e. The van der Waals surface area contributed by atoms with Crippen molar-refractivity contribution in [3.63, 3.8) is 0 Å². The van der Waals surface area contributed by atoms with Crippen LogP contribution in [0.1, 0.15) is 6.42 Å². The molecule has 5 nitrogen and oxygen atoms in total. The smallest absolute Gasteiger partial charge is 0.227 e. The van der Waals surface area contributed by atoms with Crippen LogP contribution < -0.4 is 10.1 Å². The number of para-hydroxylation sites is 2. The van der Waals surface area contributed by atoms with Gasteiger partial charge < -0.3 is 14.6 Å². The lowest BCUT2D eigenvalue weighted by Crippen LogP contribution is -2.14. The van der Waals surface area contributed by atoms with Crippen molar-refractivity contribution in [1.82, 2.24) is 9.55 Å². The van der Waals surface area contributed by atoms with Crippen LogP contribution in [0.2, 0.25) is 0 Å². The molecule has 2 aromatic heterocycles. The number of carbonyl (C=O) groups is 1. The predicted octanol–water partition coefficient (Wildman–Crippen LogP) is 4.29. The molecule has 0 spiro atoms. The van der Waals surface area contributed by atoms with Gasteiger partial charge in [-0.25, -0.2) is 4.98 Å². The third-order valence-corrected chi connectivity index (χ3v) is 5.04. The summed E-state index contributed by atoms with van der Waals surface area (Å²) in [5, 5.41) is 4.67. The van der Waals surface area contributed by atoms with Crippen molar-refractivity contribution < 1.29 is 9.53 Å². The molecule has 2 heterocycles. The van der Waals surface area contributed by atoms with Crippen molar-refractivity contribution in [3.05, 3.63) is 54.7 Å². The molecule has 6 heteroatoms. The number of thiazole rings is 1. The summed E-state index contributed by atoms with van der Waals surface area (Å²) < 4.78 is 8.40. The van der Waals surface area contributed by atoms with Gasteiger partial charge in [-0.3, -0.25) is 4.79 Å². The van der Waals surface area contributed by atoms with Crippen molar-refractivity contribution in [3.8, 4) is 5.75 Å². The van der Waals surface area contributed by atoms with Gasteiger partial charge in [-0.1, -0.05) is 35.6 Å². The first-order chi connectivity index (χ1) is 12.2. The summed E-state index contributed by atoms with van der Waals surface area (Å²) >= 11 is 1.45. The van der Waals surface area contributed by atoms with Crippen LogP contribution in [0.25, 0.3) is 21.1 Å². The van der Waals surface area contributed by atoms with Gasteiger partial charge in [0.1, 0.15) is 11.3 Å². The fraction of sp³-hybridized carbons (Fsp3) is 0.158. The first-order valence-corrected chi connectivity index (χ1v) is 8.83. The maximum Gasteiger partial charge on any atom is 0.227 e. The minimum atomic E-state index is -0.0456. The lowest BCUT2D eigenvalue weighted by molar-refractivity contribution is -0.116. The molecule has 1 N–H and O–H groups in total. The van der Waals surface area contributed by atoms with Crippen LogP contribution in [0.3, 0.4) is 0 Å². The molecule has 126 valence electrons. The Bertz CT molecular complexity index is 1050. The molecule has 0 saturated heterocycles. The van der Waals surface area contributed by atoms with E-state index < -0.39 is 0 Å². The van der Waals surface area contributed by atoms with E-state index in [1.54, 1.807) is 7.11 Å². The molecule has 4 rings (SSSR count). The Morgan fingerprint density at radius 2 is 2.08 bits per heavy atom. The van der Waals surface area contributed by atoms with Crippen LogP contribution in [0.15, 0.2) is 54.7 Å². The van der Waals surface area contributed by atoms with Crippen LogP contribution in [0, 0.1) is 0 Å². The molecule has 0 saturated carbocycles. The average Bonchev–Trinajstić information content (AvgIpc) is 3.23. The minimum absolute atomic E-state index is 0.0456. The van der Waals surface area contributed by atoms with Gasteiger partial charge in [-0.05, 0) is 29.7 Å².